The van der Waals surface area contributed by atoms with Crippen LogP contribution in [0.1, 0.15) is 40.0 Å². The van der Waals surface area contributed by atoms with Crippen LogP contribution >= 0.6 is 0 Å². The molecule has 0 aromatic heterocycles. The Bertz CT molecular complexity index is 115. The van der Waals surface area contributed by atoms with Gasteiger partial charge in [-0.15, -0.1) is 6.58 Å². The van der Waals surface area contributed by atoms with E-state index in [9.17, 15) is 5.11 Å². The van der Waals surface area contributed by atoms with Crippen LogP contribution in [0.25, 0.3) is 0 Å². The van der Waals surface area contributed by atoms with Crippen molar-refractivity contribution in [3.8, 4) is 0 Å². The molecule has 74 valence electrons. The van der Waals surface area contributed by atoms with E-state index in [1.54, 1.807) is 0 Å². The number of aliphatic hydroxyl groups is 1. The van der Waals surface area contributed by atoms with Gasteiger partial charge in [0, 0.05) is 0 Å². The zero-order valence-corrected chi connectivity index (χ0v) is 7.93. The average molecular weight is 188 g/mol. The first-order valence-electron chi connectivity index (χ1n) is 4.30. The molecule has 12 heavy (non-hydrogen) atoms. The molecule has 0 bridgehead atoms. The highest BCUT2D eigenvalue weighted by atomic mass is 28.1. The molecule has 0 aromatic rings. The van der Waals surface area contributed by atoms with E-state index >= 15 is 0 Å². The summed E-state index contributed by atoms with van der Waals surface area (Å²) in [5.74, 6) is 0.581. The van der Waals surface area contributed by atoms with Gasteiger partial charge in [-0.3, -0.25) is 0 Å². The van der Waals surface area contributed by atoms with Gasteiger partial charge in [-0.05, 0) is 43.6 Å². The smallest absolute Gasteiger partial charge is 0.0591 e. The maximum Gasteiger partial charge on any atom is 0.0591 e. The van der Waals surface area contributed by atoms with Gasteiger partial charge in [-0.1, -0.05) is 19.4 Å². The predicted octanol–water partition coefficient (Wildman–Crippen LogP) is 1.30. The van der Waals surface area contributed by atoms with Crippen molar-refractivity contribution in [3.63, 3.8) is 0 Å². The zero-order valence-electron chi connectivity index (χ0n) is 7.93. The van der Waals surface area contributed by atoms with Crippen LogP contribution in [0, 0.1) is 5.92 Å². The van der Waals surface area contributed by atoms with Crippen LogP contribution < -0.4 is 0 Å². The van der Waals surface area contributed by atoms with Crippen LogP contribution in [0.3, 0.4) is 0 Å². The molecular formula is C10H24OSi. The van der Waals surface area contributed by atoms with E-state index in [4.69, 9.17) is 0 Å². The van der Waals surface area contributed by atoms with Crippen molar-refractivity contribution >= 4 is 11.0 Å². The van der Waals surface area contributed by atoms with Crippen molar-refractivity contribution in [1.82, 2.24) is 0 Å². The Morgan fingerprint density at radius 2 is 2.00 bits per heavy atom. The fraction of sp³-hybridized carbons (Fsp3) is 0.800. The second-order valence-electron chi connectivity index (χ2n) is 3.92. The fourth-order valence-corrected chi connectivity index (χ4v) is 0.974. The molecule has 0 aromatic carbocycles. The number of allylic oxidation sites excluding steroid dienone is 1. The molecule has 0 fully saturated rings. The highest BCUT2D eigenvalue weighted by Crippen LogP contribution is 2.15. The summed E-state index contributed by atoms with van der Waals surface area (Å²) in [5.41, 5.74) is -0.499. The summed E-state index contributed by atoms with van der Waals surface area (Å²) in [6, 6.07) is 0. The van der Waals surface area contributed by atoms with E-state index in [0.717, 1.165) is 19.3 Å². The Balaban J connectivity index is 0. The predicted molar refractivity (Wildman–Crippen MR) is 60.8 cm³/mol. The lowest BCUT2D eigenvalue weighted by Crippen LogP contribution is -2.18. The van der Waals surface area contributed by atoms with E-state index < -0.39 is 5.60 Å². The third kappa shape index (κ3) is 9.92. The summed E-state index contributed by atoms with van der Waals surface area (Å²) in [4.78, 5) is 0. The Labute approximate surface area is 80.9 Å². The fourth-order valence-electron chi connectivity index (χ4n) is 0.974. The number of rotatable bonds is 5. The van der Waals surface area contributed by atoms with E-state index in [-0.39, 0.29) is 11.0 Å². The molecule has 0 radical (unpaired) electrons. The van der Waals surface area contributed by atoms with Crippen LogP contribution in [0.4, 0.5) is 0 Å². The maximum absolute atomic E-state index is 9.38. The maximum atomic E-state index is 9.38. The molecule has 1 unspecified atom stereocenters. The van der Waals surface area contributed by atoms with Gasteiger partial charge in [-0.2, -0.15) is 0 Å². The SMILES string of the molecule is C=CC(C)CCCC(C)(C)O.[SiH4]. The monoisotopic (exact) mass is 188 g/mol. The Hall–Kier alpha value is -0.0831. The first-order valence-corrected chi connectivity index (χ1v) is 4.30. The molecule has 0 aliphatic rings. The lowest BCUT2D eigenvalue weighted by molar-refractivity contribution is 0.0675. The molecule has 2 heteroatoms. The summed E-state index contributed by atoms with van der Waals surface area (Å²) < 4.78 is 0. The van der Waals surface area contributed by atoms with E-state index in [0.29, 0.717) is 5.92 Å². The summed E-state index contributed by atoms with van der Waals surface area (Å²) >= 11 is 0. The first kappa shape index (κ1) is 14.4. The molecule has 0 saturated carbocycles. The van der Waals surface area contributed by atoms with E-state index in [1.165, 1.54) is 0 Å². The summed E-state index contributed by atoms with van der Waals surface area (Å²) in [6.45, 7) is 9.57. The Morgan fingerprint density at radius 1 is 1.50 bits per heavy atom. The summed E-state index contributed by atoms with van der Waals surface area (Å²) in [6.07, 6.45) is 5.06. The normalized spacial score (nSPS) is 13.3. The Morgan fingerprint density at radius 3 is 2.33 bits per heavy atom. The number of hydrogen-bond acceptors (Lipinski definition) is 1. The van der Waals surface area contributed by atoms with Crippen molar-refractivity contribution < 1.29 is 5.11 Å². The van der Waals surface area contributed by atoms with Crippen LogP contribution in [-0.2, 0) is 0 Å². The standard InChI is InChI=1S/C10H20O.H4Si/c1-5-9(2)7-6-8-10(3,4)11;/h5,9,11H,1,6-8H2,2-4H3;1H4. The second kappa shape index (κ2) is 6.43. The lowest BCUT2D eigenvalue weighted by Gasteiger charge is -2.17. The zero-order chi connectivity index (χ0) is 8.91. The van der Waals surface area contributed by atoms with Crippen molar-refractivity contribution in [2.75, 3.05) is 0 Å². The molecule has 1 nitrogen and oxygen atoms in total. The van der Waals surface area contributed by atoms with Gasteiger partial charge < -0.3 is 5.11 Å². The van der Waals surface area contributed by atoms with Gasteiger partial charge in [0.1, 0.15) is 0 Å². The third-order valence-corrected chi connectivity index (χ3v) is 1.85. The van der Waals surface area contributed by atoms with Gasteiger partial charge >= 0.3 is 0 Å². The van der Waals surface area contributed by atoms with Gasteiger partial charge in [-0.25, -0.2) is 0 Å². The molecule has 0 heterocycles. The van der Waals surface area contributed by atoms with Crippen molar-refractivity contribution in [2.45, 2.75) is 45.6 Å². The van der Waals surface area contributed by atoms with Gasteiger partial charge in [0.25, 0.3) is 0 Å². The van der Waals surface area contributed by atoms with Crippen LogP contribution in [-0.4, -0.2) is 21.7 Å². The van der Waals surface area contributed by atoms with Crippen LogP contribution in [0.2, 0.25) is 0 Å². The van der Waals surface area contributed by atoms with E-state index in [1.807, 2.05) is 19.9 Å². The topological polar surface area (TPSA) is 20.2 Å². The largest absolute Gasteiger partial charge is 0.390 e. The lowest BCUT2D eigenvalue weighted by atomic mass is 9.97. The average Bonchev–Trinajstić information content (AvgIpc) is 1.85. The van der Waals surface area contributed by atoms with Crippen molar-refractivity contribution in [3.05, 3.63) is 12.7 Å². The summed E-state index contributed by atoms with van der Waals surface area (Å²) in [5, 5.41) is 9.38. The molecule has 0 saturated heterocycles. The molecule has 1 atom stereocenters. The summed E-state index contributed by atoms with van der Waals surface area (Å²) in [7, 11) is 0. The van der Waals surface area contributed by atoms with Gasteiger partial charge in [0.2, 0.25) is 0 Å². The minimum Gasteiger partial charge on any atom is -0.390 e. The molecule has 0 rings (SSSR count). The first-order chi connectivity index (χ1) is 4.95. The number of hydrogen-bond donors (Lipinski definition) is 1. The van der Waals surface area contributed by atoms with E-state index in [2.05, 4.69) is 13.5 Å². The molecule has 0 aliphatic carbocycles. The van der Waals surface area contributed by atoms with Crippen molar-refractivity contribution in [2.24, 2.45) is 5.92 Å². The van der Waals surface area contributed by atoms with Crippen LogP contribution in [0.5, 0.6) is 0 Å². The molecule has 1 N–H and O–H groups in total. The highest BCUT2D eigenvalue weighted by molar-refractivity contribution is 5.75. The molecule has 0 spiro atoms. The minimum atomic E-state index is -0.499. The van der Waals surface area contributed by atoms with Crippen molar-refractivity contribution in [1.29, 1.82) is 0 Å². The van der Waals surface area contributed by atoms with Gasteiger partial charge in [0.05, 0.1) is 5.60 Å². The quantitative estimate of drug-likeness (QED) is 0.509. The van der Waals surface area contributed by atoms with Gasteiger partial charge in [0.15, 0.2) is 0 Å². The molecule has 0 aliphatic heterocycles. The minimum absolute atomic E-state index is 0. The van der Waals surface area contributed by atoms with Crippen LogP contribution in [0.15, 0.2) is 12.7 Å². The second-order valence-corrected chi connectivity index (χ2v) is 3.92. The molecule has 0 amide bonds. The third-order valence-electron chi connectivity index (χ3n) is 1.85. The Kier molecular flexibility index (Phi) is 7.74. The highest BCUT2D eigenvalue weighted by Gasteiger charge is 2.11. The molecular weight excluding hydrogens is 164 g/mol.